The molecule has 12 heteroatoms. The zero-order valence-corrected chi connectivity index (χ0v) is 22.2. The summed E-state index contributed by atoms with van der Waals surface area (Å²) in [7, 11) is -2.25. The standard InChI is InChI=1S/C26H20ClN5O4S2/c1-28-17-7-9-19-20(13-17)21(16-5-3-2-4-6-16)15-32(25(19)33)23-11-8-18(14-29-23)30-26(34)31-38(35,36)24-12-10-22(27)37-24/h2-15,28H,1H3,(H2,30,31,34). The molecule has 3 N–H and O–H groups in total. The maximum atomic E-state index is 13.4. The van der Waals surface area contributed by atoms with Gasteiger partial charge < -0.3 is 10.6 Å². The number of halogens is 1. The highest BCUT2D eigenvalue weighted by molar-refractivity contribution is 7.92. The number of amides is 2. The van der Waals surface area contributed by atoms with Gasteiger partial charge in [-0.05, 0) is 53.4 Å². The van der Waals surface area contributed by atoms with Crippen LogP contribution in [0.4, 0.5) is 16.2 Å². The summed E-state index contributed by atoms with van der Waals surface area (Å²) in [5.41, 5.74) is 2.64. The van der Waals surface area contributed by atoms with E-state index in [1.165, 1.54) is 29.0 Å². The minimum Gasteiger partial charge on any atom is -0.388 e. The van der Waals surface area contributed by atoms with Gasteiger partial charge in [-0.2, -0.15) is 0 Å². The molecule has 38 heavy (non-hydrogen) atoms. The minimum atomic E-state index is -4.07. The van der Waals surface area contributed by atoms with Crippen LogP contribution in [0.1, 0.15) is 0 Å². The van der Waals surface area contributed by atoms with Crippen molar-refractivity contribution in [1.82, 2.24) is 14.3 Å². The molecule has 2 aromatic carbocycles. The number of thiophene rings is 1. The summed E-state index contributed by atoms with van der Waals surface area (Å²) < 4.78 is 28.3. The van der Waals surface area contributed by atoms with Gasteiger partial charge in [0.05, 0.1) is 16.2 Å². The van der Waals surface area contributed by atoms with Gasteiger partial charge in [0.15, 0.2) is 0 Å². The summed E-state index contributed by atoms with van der Waals surface area (Å²) in [4.78, 5) is 30.1. The van der Waals surface area contributed by atoms with Crippen molar-refractivity contribution in [2.45, 2.75) is 4.21 Å². The van der Waals surface area contributed by atoms with Gasteiger partial charge in [-0.25, -0.2) is 22.9 Å². The third-order valence-corrected chi connectivity index (χ3v) is 8.74. The van der Waals surface area contributed by atoms with E-state index in [0.29, 0.717) is 11.2 Å². The molecule has 0 saturated heterocycles. The molecule has 5 aromatic rings. The van der Waals surface area contributed by atoms with Crippen molar-refractivity contribution in [3.05, 3.63) is 99.9 Å². The molecule has 0 spiro atoms. The number of sulfonamides is 1. The Balaban J connectivity index is 1.46. The van der Waals surface area contributed by atoms with Gasteiger partial charge in [0.2, 0.25) is 0 Å². The molecule has 0 atom stereocenters. The van der Waals surface area contributed by atoms with Gasteiger partial charge in [-0.15, -0.1) is 11.3 Å². The molecule has 0 aliphatic rings. The van der Waals surface area contributed by atoms with Crippen molar-refractivity contribution >= 4 is 61.1 Å². The Morgan fingerprint density at radius 1 is 0.974 bits per heavy atom. The molecular weight excluding hydrogens is 546 g/mol. The number of anilines is 2. The first kappa shape index (κ1) is 25.5. The molecule has 2 amide bonds. The fourth-order valence-corrected chi connectivity index (χ4v) is 6.28. The number of hydrogen-bond acceptors (Lipinski definition) is 7. The Morgan fingerprint density at radius 3 is 2.39 bits per heavy atom. The molecule has 0 unspecified atom stereocenters. The van der Waals surface area contributed by atoms with Crippen LogP contribution in [0.3, 0.4) is 0 Å². The van der Waals surface area contributed by atoms with Crippen molar-refractivity contribution < 1.29 is 13.2 Å². The molecule has 0 radical (unpaired) electrons. The number of carbonyl (C=O) groups is 1. The highest BCUT2D eigenvalue weighted by atomic mass is 35.5. The van der Waals surface area contributed by atoms with Gasteiger partial charge >= 0.3 is 6.03 Å². The lowest BCUT2D eigenvalue weighted by Gasteiger charge is -2.14. The number of urea groups is 1. The van der Waals surface area contributed by atoms with E-state index in [1.807, 2.05) is 54.2 Å². The predicted molar refractivity (Wildman–Crippen MR) is 151 cm³/mol. The normalized spacial score (nSPS) is 11.3. The van der Waals surface area contributed by atoms with E-state index in [2.05, 4.69) is 15.6 Å². The predicted octanol–water partition coefficient (Wildman–Crippen LogP) is 5.32. The second-order valence-corrected chi connectivity index (χ2v) is 11.7. The van der Waals surface area contributed by atoms with Crippen molar-refractivity contribution in [3.63, 3.8) is 0 Å². The average molecular weight is 566 g/mol. The van der Waals surface area contributed by atoms with Gasteiger partial charge in [-0.1, -0.05) is 41.9 Å². The van der Waals surface area contributed by atoms with E-state index < -0.39 is 16.1 Å². The summed E-state index contributed by atoms with van der Waals surface area (Å²) >= 11 is 6.62. The van der Waals surface area contributed by atoms with Gasteiger partial charge in [0.1, 0.15) is 10.0 Å². The first-order chi connectivity index (χ1) is 18.2. The van der Waals surface area contributed by atoms with Gasteiger partial charge in [0, 0.05) is 29.9 Å². The Kier molecular flexibility index (Phi) is 6.89. The number of aromatic nitrogens is 2. The number of benzene rings is 2. The Hall–Kier alpha value is -4.19. The third-order valence-electron chi connectivity index (χ3n) is 5.68. The fraction of sp³-hybridized carbons (Fsp3) is 0.0385. The highest BCUT2D eigenvalue weighted by Crippen LogP contribution is 2.30. The smallest absolute Gasteiger partial charge is 0.333 e. The molecule has 5 rings (SSSR count). The van der Waals surface area contributed by atoms with E-state index in [1.54, 1.807) is 18.3 Å². The van der Waals surface area contributed by atoms with Crippen molar-refractivity contribution in [1.29, 1.82) is 0 Å². The monoisotopic (exact) mass is 565 g/mol. The zero-order chi connectivity index (χ0) is 26.9. The van der Waals surface area contributed by atoms with E-state index in [0.717, 1.165) is 33.5 Å². The van der Waals surface area contributed by atoms with Crippen molar-refractivity contribution in [3.8, 4) is 16.9 Å². The van der Waals surface area contributed by atoms with Crippen molar-refractivity contribution in [2.75, 3.05) is 17.7 Å². The second-order valence-electron chi connectivity index (χ2n) is 8.12. The lowest BCUT2D eigenvalue weighted by molar-refractivity contribution is 0.256. The summed E-state index contributed by atoms with van der Waals surface area (Å²) in [5, 5.41) is 6.86. The molecule has 0 aliphatic carbocycles. The number of carbonyl (C=O) groups excluding carboxylic acids is 1. The fourth-order valence-electron chi connectivity index (χ4n) is 3.89. The van der Waals surface area contributed by atoms with E-state index in [9.17, 15) is 18.0 Å². The number of pyridine rings is 2. The first-order valence-corrected chi connectivity index (χ1v) is 13.9. The number of fused-ring (bicyclic) bond motifs is 1. The van der Waals surface area contributed by atoms with Crippen LogP contribution in [-0.4, -0.2) is 31.0 Å². The molecule has 0 fully saturated rings. The average Bonchev–Trinajstić information content (AvgIpc) is 3.37. The largest absolute Gasteiger partial charge is 0.388 e. The van der Waals surface area contributed by atoms with Gasteiger partial charge in [0.25, 0.3) is 15.6 Å². The summed E-state index contributed by atoms with van der Waals surface area (Å²) in [6.07, 6.45) is 3.08. The second kappa shape index (κ2) is 10.3. The van der Waals surface area contributed by atoms with Crippen LogP contribution in [0.2, 0.25) is 4.34 Å². The van der Waals surface area contributed by atoms with E-state index in [-0.39, 0.29) is 19.8 Å². The van der Waals surface area contributed by atoms with Crippen LogP contribution >= 0.6 is 22.9 Å². The van der Waals surface area contributed by atoms with Crippen molar-refractivity contribution in [2.24, 2.45) is 0 Å². The summed E-state index contributed by atoms with van der Waals surface area (Å²) in [6.45, 7) is 0. The van der Waals surface area contributed by atoms with Crippen LogP contribution in [-0.2, 0) is 10.0 Å². The molecule has 3 heterocycles. The molecule has 192 valence electrons. The SMILES string of the molecule is CNc1ccc2c(=O)n(-c3ccc(NC(=O)NS(=O)(=O)c4ccc(Cl)s4)cn3)cc(-c3ccccc3)c2c1. The van der Waals surface area contributed by atoms with Gasteiger partial charge in [-0.3, -0.25) is 9.36 Å². The summed E-state index contributed by atoms with van der Waals surface area (Å²) in [6, 6.07) is 20.1. The number of hydrogen-bond donors (Lipinski definition) is 3. The number of rotatable bonds is 6. The lowest BCUT2D eigenvalue weighted by atomic mass is 10.00. The number of nitrogens with zero attached hydrogens (tertiary/aromatic N) is 2. The van der Waals surface area contributed by atoms with Crippen LogP contribution in [0.5, 0.6) is 0 Å². The highest BCUT2D eigenvalue weighted by Gasteiger charge is 2.20. The first-order valence-electron chi connectivity index (χ1n) is 11.2. The maximum absolute atomic E-state index is 13.4. The van der Waals surface area contributed by atoms with Crippen LogP contribution in [0, 0.1) is 0 Å². The minimum absolute atomic E-state index is 0.0853. The van der Waals surface area contributed by atoms with E-state index >= 15 is 0 Å². The maximum Gasteiger partial charge on any atom is 0.333 e. The number of nitrogens with one attached hydrogen (secondary N) is 3. The zero-order valence-electron chi connectivity index (χ0n) is 19.8. The molecule has 0 aliphatic heterocycles. The van der Waals surface area contributed by atoms with Crippen LogP contribution in [0.25, 0.3) is 27.7 Å². The molecule has 0 bridgehead atoms. The molecular formula is C26H20ClN5O4S2. The van der Waals surface area contributed by atoms with E-state index in [4.69, 9.17) is 11.6 Å². The molecule has 3 aromatic heterocycles. The molecule has 9 nitrogen and oxygen atoms in total. The topological polar surface area (TPSA) is 122 Å². The third kappa shape index (κ3) is 5.12. The van der Waals surface area contributed by atoms with Crippen LogP contribution in [0.15, 0.2) is 94.2 Å². The lowest BCUT2D eigenvalue weighted by Crippen LogP contribution is -2.34. The molecule has 0 saturated carbocycles. The Morgan fingerprint density at radius 2 is 1.74 bits per heavy atom. The Bertz CT molecular complexity index is 1820. The Labute approximate surface area is 226 Å². The quantitative estimate of drug-likeness (QED) is 0.256. The van der Waals surface area contributed by atoms with Crippen LogP contribution < -0.4 is 20.9 Å². The summed E-state index contributed by atoms with van der Waals surface area (Å²) in [5.74, 6) is 0.332.